The summed E-state index contributed by atoms with van der Waals surface area (Å²) < 4.78 is 4.18. The van der Waals surface area contributed by atoms with Gasteiger partial charge >= 0.3 is 0 Å². The summed E-state index contributed by atoms with van der Waals surface area (Å²) in [5.41, 5.74) is 4.72. The summed E-state index contributed by atoms with van der Waals surface area (Å²) in [5, 5.41) is 10.6. The average molecular weight is 298 g/mol. The molecule has 3 aromatic heterocycles. The first-order valence-corrected chi connectivity index (χ1v) is 7.65. The van der Waals surface area contributed by atoms with Gasteiger partial charge < -0.3 is 4.57 Å². The van der Waals surface area contributed by atoms with E-state index in [4.69, 9.17) is 0 Å². The van der Waals surface area contributed by atoms with E-state index >= 15 is 0 Å². The summed E-state index contributed by atoms with van der Waals surface area (Å²) >= 11 is 0. The van der Waals surface area contributed by atoms with E-state index in [9.17, 15) is 0 Å². The Morgan fingerprint density at radius 3 is 2.57 bits per heavy atom. The minimum Gasteiger partial charge on any atom is -0.335 e. The molecule has 23 heavy (non-hydrogen) atoms. The molecule has 0 aliphatic rings. The molecule has 4 nitrogen and oxygen atoms in total. The van der Waals surface area contributed by atoms with Crippen molar-refractivity contribution in [2.45, 2.75) is 6.54 Å². The summed E-state index contributed by atoms with van der Waals surface area (Å²) in [4.78, 5) is 0. The molecule has 0 bridgehead atoms. The van der Waals surface area contributed by atoms with E-state index in [1.165, 1.54) is 27.4 Å². The van der Waals surface area contributed by atoms with Crippen molar-refractivity contribution in [1.82, 2.24) is 19.4 Å². The average Bonchev–Trinajstić information content (AvgIpc) is 3.17. The maximum absolute atomic E-state index is 4.14. The van der Waals surface area contributed by atoms with E-state index < -0.39 is 0 Å². The summed E-state index contributed by atoms with van der Waals surface area (Å²) in [6.07, 6.45) is 3.86. The van der Waals surface area contributed by atoms with Crippen molar-refractivity contribution >= 4 is 27.3 Å². The highest BCUT2D eigenvalue weighted by molar-refractivity contribution is 6.09. The number of para-hydroxylation sites is 1. The van der Waals surface area contributed by atoms with E-state index in [1.807, 2.05) is 10.6 Å². The molecule has 2 aromatic carbocycles. The highest BCUT2D eigenvalue weighted by Gasteiger charge is 2.12. The van der Waals surface area contributed by atoms with Crippen molar-refractivity contribution in [2.24, 2.45) is 0 Å². The third-order valence-corrected chi connectivity index (χ3v) is 4.37. The Kier molecular flexibility index (Phi) is 2.52. The third-order valence-electron chi connectivity index (χ3n) is 4.37. The molecule has 4 heteroatoms. The lowest BCUT2D eigenvalue weighted by molar-refractivity contribution is 0.836. The van der Waals surface area contributed by atoms with Gasteiger partial charge in [0.25, 0.3) is 0 Å². The normalized spacial score (nSPS) is 11.7. The number of benzene rings is 2. The van der Waals surface area contributed by atoms with Crippen LogP contribution in [0.4, 0.5) is 0 Å². The molecule has 5 rings (SSSR count). The van der Waals surface area contributed by atoms with Gasteiger partial charge in [0.05, 0.1) is 23.4 Å². The zero-order chi connectivity index (χ0) is 15.2. The van der Waals surface area contributed by atoms with Gasteiger partial charge in [-0.15, -0.1) is 5.10 Å². The minimum absolute atomic E-state index is 0.838. The molecule has 3 heterocycles. The van der Waals surface area contributed by atoms with Crippen LogP contribution in [0.25, 0.3) is 27.3 Å². The van der Waals surface area contributed by atoms with Crippen LogP contribution < -0.4 is 0 Å². The Bertz CT molecular complexity index is 1140. The van der Waals surface area contributed by atoms with Gasteiger partial charge in [-0.05, 0) is 17.7 Å². The van der Waals surface area contributed by atoms with Crippen LogP contribution in [0, 0.1) is 0 Å². The van der Waals surface area contributed by atoms with Gasteiger partial charge in [0, 0.05) is 22.8 Å². The largest absolute Gasteiger partial charge is 0.335 e. The molecule has 0 fully saturated rings. The quantitative estimate of drug-likeness (QED) is 0.495. The Morgan fingerprint density at radius 2 is 1.65 bits per heavy atom. The molecule has 0 spiro atoms. The van der Waals surface area contributed by atoms with Crippen molar-refractivity contribution in [1.29, 1.82) is 0 Å². The topological polar surface area (TPSA) is 35.1 Å². The highest BCUT2D eigenvalue weighted by atomic mass is 15.4. The zero-order valence-corrected chi connectivity index (χ0v) is 12.4. The molecule has 0 unspecified atom stereocenters. The van der Waals surface area contributed by atoms with E-state index in [0.717, 1.165) is 12.1 Å². The van der Waals surface area contributed by atoms with Gasteiger partial charge in [-0.1, -0.05) is 53.7 Å². The predicted molar refractivity (Wildman–Crippen MR) is 91.5 cm³/mol. The molecule has 0 saturated carbocycles. The van der Waals surface area contributed by atoms with Gasteiger partial charge in [0.2, 0.25) is 0 Å². The second kappa shape index (κ2) is 4.68. The summed E-state index contributed by atoms with van der Waals surface area (Å²) in [6, 6.07) is 21.2. The number of fused-ring (bicyclic) bond motifs is 4. The van der Waals surface area contributed by atoms with Crippen molar-refractivity contribution in [3.05, 3.63) is 78.6 Å². The first kappa shape index (κ1) is 12.4. The summed E-state index contributed by atoms with van der Waals surface area (Å²) in [5.74, 6) is 0. The van der Waals surface area contributed by atoms with E-state index in [1.54, 1.807) is 6.20 Å². The van der Waals surface area contributed by atoms with Crippen LogP contribution in [0.2, 0.25) is 0 Å². The Morgan fingerprint density at radius 1 is 0.826 bits per heavy atom. The number of rotatable bonds is 2. The second-order valence-electron chi connectivity index (χ2n) is 5.76. The molecule has 0 aliphatic carbocycles. The number of hydrogen-bond donors (Lipinski definition) is 0. The van der Waals surface area contributed by atoms with Gasteiger partial charge in [-0.3, -0.25) is 0 Å². The second-order valence-corrected chi connectivity index (χ2v) is 5.76. The molecule has 0 amide bonds. The van der Waals surface area contributed by atoms with Crippen LogP contribution in [-0.2, 0) is 6.54 Å². The lowest BCUT2D eigenvalue weighted by Gasteiger charge is -2.07. The van der Waals surface area contributed by atoms with Crippen molar-refractivity contribution < 1.29 is 0 Å². The van der Waals surface area contributed by atoms with Crippen LogP contribution >= 0.6 is 0 Å². The highest BCUT2D eigenvalue weighted by Crippen LogP contribution is 2.30. The van der Waals surface area contributed by atoms with Crippen LogP contribution in [-0.4, -0.2) is 19.4 Å². The monoisotopic (exact) mass is 298 g/mol. The van der Waals surface area contributed by atoms with Gasteiger partial charge in [0.15, 0.2) is 0 Å². The number of pyridine rings is 1. The zero-order valence-electron chi connectivity index (χ0n) is 12.4. The maximum atomic E-state index is 4.14. The molecule has 110 valence electrons. The van der Waals surface area contributed by atoms with Crippen molar-refractivity contribution in [2.75, 3.05) is 0 Å². The SMILES string of the molecule is c1ccc(Cn2c3ccccc3c3cc4cnnn4cc32)cc1. The number of hydrogen-bond acceptors (Lipinski definition) is 2. The Hall–Kier alpha value is -3.14. The van der Waals surface area contributed by atoms with Crippen LogP contribution in [0.15, 0.2) is 73.1 Å². The molecule has 0 atom stereocenters. The molecule has 0 N–H and O–H groups in total. The van der Waals surface area contributed by atoms with Crippen LogP contribution in [0.1, 0.15) is 5.56 Å². The van der Waals surface area contributed by atoms with Gasteiger partial charge in [-0.25, -0.2) is 4.52 Å². The fourth-order valence-corrected chi connectivity index (χ4v) is 3.30. The Labute approximate surface area is 132 Å². The lowest BCUT2D eigenvalue weighted by Crippen LogP contribution is -2.00. The number of aromatic nitrogens is 4. The predicted octanol–water partition coefficient (Wildman–Crippen LogP) is 3.89. The fourth-order valence-electron chi connectivity index (χ4n) is 3.30. The standard InChI is InChI=1S/C19H14N4/c1-2-6-14(7-3-1)12-22-18-9-5-4-8-16(18)17-10-15-11-20-21-23(15)13-19(17)22/h1-11,13H,12H2. The van der Waals surface area contributed by atoms with Crippen LogP contribution in [0.5, 0.6) is 0 Å². The maximum Gasteiger partial charge on any atom is 0.0872 e. The molecule has 0 saturated heterocycles. The van der Waals surface area contributed by atoms with E-state index in [2.05, 4.69) is 75.7 Å². The molecule has 0 aliphatic heterocycles. The summed E-state index contributed by atoms with van der Waals surface area (Å²) in [6.45, 7) is 0.838. The summed E-state index contributed by atoms with van der Waals surface area (Å²) in [7, 11) is 0. The first-order chi connectivity index (χ1) is 11.4. The fraction of sp³-hybridized carbons (Fsp3) is 0.0526. The molecular weight excluding hydrogens is 284 g/mol. The van der Waals surface area contributed by atoms with E-state index in [-0.39, 0.29) is 0 Å². The first-order valence-electron chi connectivity index (χ1n) is 7.65. The Balaban J connectivity index is 1.86. The van der Waals surface area contributed by atoms with Crippen molar-refractivity contribution in [3.63, 3.8) is 0 Å². The number of nitrogens with zero attached hydrogens (tertiary/aromatic N) is 4. The van der Waals surface area contributed by atoms with Crippen LogP contribution in [0.3, 0.4) is 0 Å². The smallest absolute Gasteiger partial charge is 0.0872 e. The molecule has 5 aromatic rings. The molecule has 0 radical (unpaired) electrons. The third kappa shape index (κ3) is 1.85. The van der Waals surface area contributed by atoms with E-state index in [0.29, 0.717) is 0 Å². The minimum atomic E-state index is 0.838. The van der Waals surface area contributed by atoms with Gasteiger partial charge in [0.1, 0.15) is 0 Å². The lowest BCUT2D eigenvalue weighted by atomic mass is 10.2. The molecular formula is C19H14N4. The van der Waals surface area contributed by atoms with Gasteiger partial charge in [-0.2, -0.15) is 0 Å². The van der Waals surface area contributed by atoms with Crippen molar-refractivity contribution in [3.8, 4) is 0 Å².